The van der Waals surface area contributed by atoms with Gasteiger partial charge in [0.25, 0.3) is 5.91 Å². The molecular formula is C27H29N5OS2. The Morgan fingerprint density at radius 2 is 1.66 bits per heavy atom. The summed E-state index contributed by atoms with van der Waals surface area (Å²) in [6.07, 6.45) is 5.35. The third-order valence-corrected chi connectivity index (χ3v) is 8.49. The van der Waals surface area contributed by atoms with Crippen molar-refractivity contribution in [3.05, 3.63) is 70.3 Å². The zero-order valence-electron chi connectivity index (χ0n) is 20.1. The normalized spacial score (nSPS) is 14.3. The largest absolute Gasteiger partial charge is 0.372 e. The van der Waals surface area contributed by atoms with Crippen LogP contribution in [-0.2, 0) is 0 Å². The van der Waals surface area contributed by atoms with Crippen molar-refractivity contribution in [1.82, 2.24) is 19.9 Å². The van der Waals surface area contributed by atoms with Gasteiger partial charge in [-0.2, -0.15) is 0 Å². The number of amides is 1. The van der Waals surface area contributed by atoms with E-state index in [1.807, 2.05) is 22.4 Å². The monoisotopic (exact) mass is 503 g/mol. The lowest BCUT2D eigenvalue weighted by Gasteiger charge is -2.30. The lowest BCUT2D eigenvalue weighted by molar-refractivity contribution is 0.0708. The number of thiazole rings is 2. The Bertz CT molecular complexity index is 1260. The van der Waals surface area contributed by atoms with Crippen molar-refractivity contribution in [1.29, 1.82) is 0 Å². The van der Waals surface area contributed by atoms with Crippen molar-refractivity contribution < 1.29 is 4.79 Å². The molecule has 6 nitrogen and oxygen atoms in total. The molecule has 0 atom stereocenters. The smallest absolute Gasteiger partial charge is 0.273 e. The first-order valence-electron chi connectivity index (χ1n) is 12.1. The fourth-order valence-electron chi connectivity index (χ4n) is 4.53. The zero-order valence-corrected chi connectivity index (χ0v) is 21.7. The highest BCUT2D eigenvalue weighted by atomic mass is 32.1. The summed E-state index contributed by atoms with van der Waals surface area (Å²) in [5.74, 6) is 0.420. The van der Waals surface area contributed by atoms with Gasteiger partial charge in [0.2, 0.25) is 0 Å². The van der Waals surface area contributed by atoms with Crippen molar-refractivity contribution in [3.63, 3.8) is 0 Å². The van der Waals surface area contributed by atoms with E-state index in [1.54, 1.807) is 23.7 Å². The van der Waals surface area contributed by atoms with Crippen molar-refractivity contribution >= 4 is 34.3 Å². The molecule has 0 saturated carbocycles. The van der Waals surface area contributed by atoms with Crippen LogP contribution >= 0.6 is 22.7 Å². The number of aromatic nitrogens is 3. The number of likely N-dealkylation sites (tertiary alicyclic amines) is 1. The molecule has 8 heteroatoms. The fraction of sp³-hybridized carbons (Fsp3) is 0.333. The topological polar surface area (TPSA) is 62.2 Å². The summed E-state index contributed by atoms with van der Waals surface area (Å²) in [5.41, 5.74) is 4.97. The van der Waals surface area contributed by atoms with Gasteiger partial charge in [-0.15, -0.1) is 22.7 Å². The SMILES string of the molecule is CCN(CC)c1ccc(-c2csc(C3CCN(C(=O)c4csc(-c5ccncc5)n4)CC3)n2)cc1. The van der Waals surface area contributed by atoms with Crippen LogP contribution in [0.1, 0.15) is 48.1 Å². The van der Waals surface area contributed by atoms with Crippen LogP contribution in [0, 0.1) is 0 Å². The first kappa shape index (κ1) is 23.6. The van der Waals surface area contributed by atoms with Crippen LogP contribution in [0.5, 0.6) is 0 Å². The van der Waals surface area contributed by atoms with Crippen molar-refractivity contribution in [2.45, 2.75) is 32.6 Å². The molecule has 180 valence electrons. The lowest BCUT2D eigenvalue weighted by Crippen LogP contribution is -2.38. The molecule has 0 spiro atoms. The number of pyridine rings is 1. The van der Waals surface area contributed by atoms with E-state index in [0.29, 0.717) is 11.6 Å². The summed E-state index contributed by atoms with van der Waals surface area (Å²) in [4.78, 5) is 30.9. The van der Waals surface area contributed by atoms with Gasteiger partial charge in [-0.1, -0.05) is 12.1 Å². The fourth-order valence-corrected chi connectivity index (χ4v) is 6.33. The molecule has 0 aliphatic carbocycles. The molecule has 1 aromatic carbocycles. The minimum atomic E-state index is 0.0214. The molecule has 1 saturated heterocycles. The maximum atomic E-state index is 13.0. The van der Waals surface area contributed by atoms with Gasteiger partial charge in [0.05, 0.1) is 10.7 Å². The van der Waals surface area contributed by atoms with Crippen molar-refractivity contribution in [2.75, 3.05) is 31.1 Å². The van der Waals surface area contributed by atoms with Gasteiger partial charge in [0.15, 0.2) is 0 Å². The van der Waals surface area contributed by atoms with E-state index >= 15 is 0 Å². The van der Waals surface area contributed by atoms with Gasteiger partial charge in [-0.25, -0.2) is 9.97 Å². The summed E-state index contributed by atoms with van der Waals surface area (Å²) >= 11 is 3.24. The zero-order chi connectivity index (χ0) is 24.2. The van der Waals surface area contributed by atoms with E-state index in [9.17, 15) is 4.79 Å². The predicted octanol–water partition coefficient (Wildman–Crippen LogP) is 6.19. The number of rotatable bonds is 7. The highest BCUT2D eigenvalue weighted by molar-refractivity contribution is 7.13. The third-order valence-electron chi connectivity index (χ3n) is 6.60. The molecular weight excluding hydrogens is 474 g/mol. The van der Waals surface area contributed by atoms with Gasteiger partial charge in [-0.3, -0.25) is 9.78 Å². The molecule has 3 aromatic heterocycles. The van der Waals surface area contributed by atoms with Gasteiger partial charge in [0.1, 0.15) is 10.7 Å². The van der Waals surface area contributed by atoms with Gasteiger partial charge in [0, 0.05) is 72.1 Å². The standard InChI is InChI=1S/C27H29N5OS2/c1-3-31(4-2)22-7-5-19(6-8-22)23-17-34-26(29-23)21-11-15-32(16-12-21)27(33)24-18-35-25(30-24)20-9-13-28-14-10-20/h5-10,13-14,17-18,21H,3-4,11-12,15-16H2,1-2H3. The average Bonchev–Trinajstić information content (AvgIpc) is 3.61. The van der Waals surface area contributed by atoms with Crippen molar-refractivity contribution in [3.8, 4) is 21.8 Å². The number of anilines is 1. The number of piperidine rings is 1. The summed E-state index contributed by atoms with van der Waals surface area (Å²) in [6.45, 7) is 7.84. The van der Waals surface area contributed by atoms with E-state index in [1.165, 1.54) is 22.0 Å². The molecule has 35 heavy (non-hydrogen) atoms. The summed E-state index contributed by atoms with van der Waals surface area (Å²) < 4.78 is 0. The highest BCUT2D eigenvalue weighted by Gasteiger charge is 2.27. The Morgan fingerprint density at radius 1 is 0.943 bits per heavy atom. The predicted molar refractivity (Wildman–Crippen MR) is 144 cm³/mol. The number of hydrogen-bond acceptors (Lipinski definition) is 7. The van der Waals surface area contributed by atoms with Gasteiger partial charge < -0.3 is 9.80 Å². The Balaban J connectivity index is 1.20. The minimum absolute atomic E-state index is 0.0214. The number of carbonyl (C=O) groups excluding carboxylic acids is 1. The molecule has 4 heterocycles. The lowest BCUT2D eigenvalue weighted by atomic mass is 9.97. The second-order valence-corrected chi connectivity index (χ2v) is 10.4. The minimum Gasteiger partial charge on any atom is -0.372 e. The first-order valence-corrected chi connectivity index (χ1v) is 13.9. The molecule has 0 N–H and O–H groups in total. The maximum absolute atomic E-state index is 13.0. The summed E-state index contributed by atoms with van der Waals surface area (Å²) in [6, 6.07) is 12.5. The number of benzene rings is 1. The Kier molecular flexibility index (Phi) is 7.20. The molecule has 1 amide bonds. The van der Waals surface area contributed by atoms with Crippen LogP contribution in [-0.4, -0.2) is 51.9 Å². The highest BCUT2D eigenvalue weighted by Crippen LogP contribution is 2.34. The number of hydrogen-bond donors (Lipinski definition) is 0. The van der Waals surface area contributed by atoms with E-state index in [-0.39, 0.29) is 5.91 Å². The van der Waals surface area contributed by atoms with Gasteiger partial charge in [-0.05, 0) is 51.0 Å². The quantitative estimate of drug-likeness (QED) is 0.301. The molecule has 5 rings (SSSR count). The molecule has 1 aliphatic rings. The number of carbonyl (C=O) groups is 1. The summed E-state index contributed by atoms with van der Waals surface area (Å²) in [5, 5.41) is 6.05. The van der Waals surface area contributed by atoms with Crippen LogP contribution in [0.4, 0.5) is 5.69 Å². The number of nitrogens with zero attached hydrogens (tertiary/aromatic N) is 5. The Morgan fingerprint density at radius 3 is 2.34 bits per heavy atom. The van der Waals surface area contributed by atoms with Crippen LogP contribution in [0.25, 0.3) is 21.8 Å². The molecule has 0 unspecified atom stereocenters. The average molecular weight is 504 g/mol. The van der Waals surface area contributed by atoms with Crippen LogP contribution < -0.4 is 4.90 Å². The van der Waals surface area contributed by atoms with Crippen LogP contribution in [0.2, 0.25) is 0 Å². The molecule has 1 fully saturated rings. The third kappa shape index (κ3) is 5.13. The van der Waals surface area contributed by atoms with Crippen LogP contribution in [0.3, 0.4) is 0 Å². The Labute approximate surface area is 214 Å². The van der Waals surface area contributed by atoms with Crippen LogP contribution in [0.15, 0.2) is 59.6 Å². The van der Waals surface area contributed by atoms with Gasteiger partial charge >= 0.3 is 0 Å². The first-order chi connectivity index (χ1) is 17.2. The van der Waals surface area contributed by atoms with E-state index in [0.717, 1.165) is 60.8 Å². The van der Waals surface area contributed by atoms with E-state index in [4.69, 9.17) is 4.98 Å². The molecule has 1 aliphatic heterocycles. The second kappa shape index (κ2) is 10.7. The second-order valence-electron chi connectivity index (χ2n) is 8.63. The maximum Gasteiger partial charge on any atom is 0.273 e. The molecule has 0 radical (unpaired) electrons. The summed E-state index contributed by atoms with van der Waals surface area (Å²) in [7, 11) is 0. The molecule has 0 bridgehead atoms. The Hall–Kier alpha value is -3.10. The van der Waals surface area contributed by atoms with Crippen molar-refractivity contribution in [2.24, 2.45) is 0 Å². The van der Waals surface area contributed by atoms with E-state index in [2.05, 4.69) is 58.4 Å². The molecule has 4 aromatic rings. The van der Waals surface area contributed by atoms with E-state index < -0.39 is 0 Å².